The van der Waals surface area contributed by atoms with Crippen LogP contribution >= 0.6 is 0 Å². The maximum atomic E-state index is 14.6. The van der Waals surface area contributed by atoms with Gasteiger partial charge in [-0.2, -0.15) is 13.2 Å². The monoisotopic (exact) mass is 468 g/mol. The van der Waals surface area contributed by atoms with Crippen molar-refractivity contribution in [2.24, 2.45) is 5.92 Å². The van der Waals surface area contributed by atoms with Gasteiger partial charge in [0.25, 0.3) is 11.4 Å². The van der Waals surface area contributed by atoms with E-state index in [1.54, 1.807) is 6.07 Å². The third-order valence-corrected chi connectivity index (χ3v) is 7.03. The van der Waals surface area contributed by atoms with E-state index in [0.29, 0.717) is 24.3 Å². The van der Waals surface area contributed by atoms with E-state index in [0.717, 1.165) is 18.1 Å². The highest BCUT2D eigenvalue weighted by atomic mass is 28.3. The number of anilines is 2. The number of alkyl halides is 3. The summed E-state index contributed by atoms with van der Waals surface area (Å²) in [7, 11) is -0.471. The fourth-order valence-electron chi connectivity index (χ4n) is 3.31. The first-order valence-corrected chi connectivity index (χ1v) is 14.1. The number of hydrogen-bond acceptors (Lipinski definition) is 4. The average molecular weight is 469 g/mol. The van der Waals surface area contributed by atoms with E-state index in [4.69, 9.17) is 4.74 Å². The van der Waals surface area contributed by atoms with Crippen molar-refractivity contribution in [2.45, 2.75) is 50.2 Å². The molecule has 2 amide bonds. The Hall–Kier alpha value is -2.51. The number of nitrogens with zero attached hydrogens (tertiary/aromatic N) is 2. The first-order valence-electron chi connectivity index (χ1n) is 10.4. The third-order valence-electron chi connectivity index (χ3n) is 5.32. The van der Waals surface area contributed by atoms with Crippen LogP contribution in [0.5, 0.6) is 0 Å². The van der Waals surface area contributed by atoms with Gasteiger partial charge in [-0.05, 0) is 31.0 Å². The van der Waals surface area contributed by atoms with E-state index in [-0.39, 0.29) is 24.0 Å². The van der Waals surface area contributed by atoms with E-state index in [1.165, 1.54) is 18.2 Å². The molecule has 1 aliphatic carbocycles. The molecular formula is C22H27F3N2O4Si. The van der Waals surface area contributed by atoms with Gasteiger partial charge in [0.1, 0.15) is 6.73 Å². The van der Waals surface area contributed by atoms with E-state index in [1.807, 2.05) is 0 Å². The highest BCUT2D eigenvalue weighted by Crippen LogP contribution is 2.48. The SMILES string of the molecule is COC(=O)N1c2ccccc2N(COCC[Si](C)(C)C)C(=O)C1(C#CC1CC1)C(F)(F)F. The van der Waals surface area contributed by atoms with Crippen LogP contribution in [-0.2, 0) is 14.3 Å². The molecular weight excluding hydrogens is 441 g/mol. The Bertz CT molecular complexity index is 947. The predicted molar refractivity (Wildman–Crippen MR) is 117 cm³/mol. The van der Waals surface area contributed by atoms with Crippen LogP contribution in [0.3, 0.4) is 0 Å². The number of amides is 2. The van der Waals surface area contributed by atoms with E-state index >= 15 is 0 Å². The van der Waals surface area contributed by atoms with E-state index < -0.39 is 31.8 Å². The Balaban J connectivity index is 2.11. The quantitative estimate of drug-likeness (QED) is 0.359. The van der Waals surface area contributed by atoms with Crippen molar-refractivity contribution >= 4 is 31.4 Å². The first-order chi connectivity index (χ1) is 14.9. The van der Waals surface area contributed by atoms with Crippen LogP contribution < -0.4 is 9.80 Å². The Morgan fingerprint density at radius 2 is 1.84 bits per heavy atom. The van der Waals surface area contributed by atoms with Crippen molar-refractivity contribution in [3.63, 3.8) is 0 Å². The van der Waals surface area contributed by atoms with Gasteiger partial charge in [0.15, 0.2) is 0 Å². The second kappa shape index (κ2) is 8.79. The predicted octanol–water partition coefficient (Wildman–Crippen LogP) is 4.63. The number of rotatable bonds is 5. The molecule has 0 spiro atoms. The van der Waals surface area contributed by atoms with Crippen molar-refractivity contribution in [2.75, 3.05) is 30.2 Å². The van der Waals surface area contributed by atoms with Crippen LogP contribution in [-0.4, -0.2) is 52.2 Å². The van der Waals surface area contributed by atoms with Crippen LogP contribution in [0.25, 0.3) is 0 Å². The largest absolute Gasteiger partial charge is 0.452 e. The third kappa shape index (κ3) is 4.64. The molecule has 1 aliphatic heterocycles. The summed E-state index contributed by atoms with van der Waals surface area (Å²) in [4.78, 5) is 27.4. The molecule has 0 radical (unpaired) electrons. The van der Waals surface area contributed by atoms with Crippen LogP contribution in [0, 0.1) is 17.8 Å². The minimum Gasteiger partial charge on any atom is -0.452 e. The number of methoxy groups -OCH3 is 1. The number of para-hydroxylation sites is 2. The molecule has 1 aromatic rings. The van der Waals surface area contributed by atoms with Crippen LogP contribution in [0.4, 0.5) is 29.3 Å². The summed E-state index contributed by atoms with van der Waals surface area (Å²) in [6, 6.07) is 6.67. The molecule has 1 fully saturated rings. The van der Waals surface area contributed by atoms with Gasteiger partial charge in [-0.1, -0.05) is 43.6 Å². The zero-order valence-electron chi connectivity index (χ0n) is 18.6. The van der Waals surface area contributed by atoms with Crippen molar-refractivity contribution < 1.29 is 32.2 Å². The van der Waals surface area contributed by atoms with Gasteiger partial charge in [0.2, 0.25) is 0 Å². The van der Waals surface area contributed by atoms with Crippen LogP contribution in [0.15, 0.2) is 24.3 Å². The molecule has 1 aromatic carbocycles. The number of fused-ring (bicyclic) bond motifs is 1. The summed E-state index contributed by atoms with van der Waals surface area (Å²) >= 11 is 0. The summed E-state index contributed by atoms with van der Waals surface area (Å²) in [6.07, 6.45) is -5.17. The number of halogens is 3. The zero-order valence-corrected chi connectivity index (χ0v) is 19.6. The van der Waals surface area contributed by atoms with Gasteiger partial charge in [-0.25, -0.2) is 9.69 Å². The lowest BCUT2D eigenvalue weighted by Gasteiger charge is -2.46. The van der Waals surface area contributed by atoms with Crippen LogP contribution in [0.1, 0.15) is 12.8 Å². The summed E-state index contributed by atoms with van der Waals surface area (Å²) < 4.78 is 54.2. The molecule has 2 aliphatic rings. The minimum atomic E-state index is -5.18. The standard InChI is InChI=1S/C22H27F3N2O4Si/c1-30-20(29)27-18-8-6-5-7-17(18)26(15-31-13-14-32(2,3)4)19(28)21(27,22(23,24)25)12-11-16-9-10-16/h5-8,16H,9-10,13-15H2,1-4H3. The lowest BCUT2D eigenvalue weighted by molar-refractivity contribution is -0.178. The number of hydrogen-bond donors (Lipinski definition) is 0. The maximum Gasteiger partial charge on any atom is 0.433 e. The fourth-order valence-corrected chi connectivity index (χ4v) is 4.07. The second-order valence-corrected chi connectivity index (χ2v) is 14.7. The molecule has 1 unspecified atom stereocenters. The molecule has 3 rings (SSSR count). The molecule has 32 heavy (non-hydrogen) atoms. The summed E-state index contributed by atoms with van der Waals surface area (Å²) in [5.74, 6) is 3.10. The molecule has 174 valence electrons. The molecule has 1 heterocycles. The van der Waals surface area contributed by atoms with E-state index in [9.17, 15) is 22.8 Å². The second-order valence-electron chi connectivity index (χ2n) is 9.13. The Morgan fingerprint density at radius 3 is 2.38 bits per heavy atom. The lowest BCUT2D eigenvalue weighted by Crippen LogP contribution is -2.71. The number of benzene rings is 1. The van der Waals surface area contributed by atoms with Gasteiger partial charge in [0, 0.05) is 20.6 Å². The summed E-state index contributed by atoms with van der Waals surface area (Å²) in [5.41, 5.74) is -3.39. The average Bonchev–Trinajstić information content (AvgIpc) is 3.53. The number of carbonyl (C=O) groups excluding carboxylic acids is 2. The molecule has 0 bridgehead atoms. The summed E-state index contributed by atoms with van der Waals surface area (Å²) in [5, 5.41) is 0. The maximum absolute atomic E-state index is 14.6. The van der Waals surface area contributed by atoms with E-state index in [2.05, 4.69) is 36.2 Å². The molecule has 10 heteroatoms. The van der Waals surface area contributed by atoms with Crippen molar-refractivity contribution in [3.05, 3.63) is 24.3 Å². The lowest BCUT2D eigenvalue weighted by atomic mass is 9.90. The van der Waals surface area contributed by atoms with Crippen molar-refractivity contribution in [1.29, 1.82) is 0 Å². The van der Waals surface area contributed by atoms with Gasteiger partial charge in [-0.15, -0.1) is 0 Å². The normalized spacial score (nSPS) is 21.0. The van der Waals surface area contributed by atoms with Gasteiger partial charge in [0.05, 0.1) is 18.5 Å². The minimum absolute atomic E-state index is 0.116. The Labute approximate surface area is 186 Å². The first kappa shape index (κ1) is 24.1. The zero-order chi connectivity index (χ0) is 23.7. The smallest absolute Gasteiger partial charge is 0.433 e. The molecule has 0 aromatic heterocycles. The molecule has 1 saturated carbocycles. The molecule has 0 saturated heterocycles. The molecule has 1 atom stereocenters. The van der Waals surface area contributed by atoms with Crippen molar-refractivity contribution in [1.82, 2.24) is 0 Å². The topological polar surface area (TPSA) is 59.1 Å². The fraction of sp³-hybridized carbons (Fsp3) is 0.545. The van der Waals surface area contributed by atoms with Crippen LogP contribution in [0.2, 0.25) is 25.7 Å². The highest BCUT2D eigenvalue weighted by molar-refractivity contribution is 6.76. The highest BCUT2D eigenvalue weighted by Gasteiger charge is 2.69. The Morgan fingerprint density at radius 1 is 1.22 bits per heavy atom. The molecule has 6 nitrogen and oxygen atoms in total. The summed E-state index contributed by atoms with van der Waals surface area (Å²) in [6.45, 7) is 6.38. The molecule has 0 N–H and O–H groups in total. The Kier molecular flexibility index (Phi) is 6.63. The van der Waals surface area contributed by atoms with Gasteiger partial charge >= 0.3 is 12.3 Å². The number of ether oxygens (including phenoxy) is 2. The van der Waals surface area contributed by atoms with Gasteiger partial charge in [-0.3, -0.25) is 9.69 Å². The van der Waals surface area contributed by atoms with Gasteiger partial charge < -0.3 is 9.47 Å². The number of carbonyl (C=O) groups is 2. The van der Waals surface area contributed by atoms with Crippen molar-refractivity contribution in [3.8, 4) is 11.8 Å².